The molecule has 0 aromatic carbocycles. The number of thiocarbonyl (C=S) groups is 1. The lowest BCUT2D eigenvalue weighted by Gasteiger charge is -2.39. The predicted molar refractivity (Wildman–Crippen MR) is 92.7 cm³/mol. The van der Waals surface area contributed by atoms with Gasteiger partial charge in [-0.3, -0.25) is 4.98 Å². The van der Waals surface area contributed by atoms with Gasteiger partial charge in [0.2, 0.25) is 0 Å². The van der Waals surface area contributed by atoms with Crippen LogP contribution < -0.4 is 5.32 Å². The smallest absolute Gasteiger partial charge is 0.169 e. The SMILES string of the molecule is CCCCNC(=S)N1CCn2cccc2[C@H]1c1ccncc1. The van der Waals surface area contributed by atoms with Gasteiger partial charge in [0, 0.05) is 43.9 Å². The fraction of sp³-hybridized carbons (Fsp3) is 0.412. The maximum atomic E-state index is 5.66. The van der Waals surface area contributed by atoms with Crippen LogP contribution in [0.1, 0.15) is 37.1 Å². The Morgan fingerprint density at radius 2 is 2.14 bits per heavy atom. The van der Waals surface area contributed by atoms with E-state index in [9.17, 15) is 0 Å². The van der Waals surface area contributed by atoms with Gasteiger partial charge in [-0.2, -0.15) is 0 Å². The van der Waals surface area contributed by atoms with Gasteiger partial charge < -0.3 is 14.8 Å². The maximum absolute atomic E-state index is 5.66. The van der Waals surface area contributed by atoms with Crippen molar-refractivity contribution in [3.8, 4) is 0 Å². The second kappa shape index (κ2) is 6.92. The van der Waals surface area contributed by atoms with Crippen LogP contribution in [0.5, 0.6) is 0 Å². The number of nitrogens with zero attached hydrogens (tertiary/aromatic N) is 3. The number of nitrogens with one attached hydrogen (secondary N) is 1. The van der Waals surface area contributed by atoms with Crippen molar-refractivity contribution >= 4 is 17.3 Å². The maximum Gasteiger partial charge on any atom is 0.169 e. The number of unbranched alkanes of at least 4 members (excludes halogenated alkanes) is 1. The third-order valence-electron chi connectivity index (χ3n) is 4.13. The predicted octanol–water partition coefficient (Wildman–Crippen LogP) is 2.96. The molecule has 0 bridgehead atoms. The third kappa shape index (κ3) is 2.99. The minimum Gasteiger partial charge on any atom is -0.363 e. The lowest BCUT2D eigenvalue weighted by atomic mass is 10.0. The Hall–Kier alpha value is -1.88. The van der Waals surface area contributed by atoms with Crippen molar-refractivity contribution in [2.24, 2.45) is 0 Å². The molecule has 1 atom stereocenters. The topological polar surface area (TPSA) is 33.1 Å². The minimum absolute atomic E-state index is 0.161. The van der Waals surface area contributed by atoms with Crippen LogP contribution in [-0.2, 0) is 6.54 Å². The Balaban J connectivity index is 1.87. The van der Waals surface area contributed by atoms with Crippen LogP contribution in [0, 0.1) is 0 Å². The molecule has 2 aromatic heterocycles. The van der Waals surface area contributed by atoms with Crippen molar-refractivity contribution in [2.45, 2.75) is 32.4 Å². The molecule has 1 aliphatic rings. The van der Waals surface area contributed by atoms with Crippen molar-refractivity contribution < 1.29 is 0 Å². The number of pyridine rings is 1. The summed E-state index contributed by atoms with van der Waals surface area (Å²) in [6, 6.07) is 8.62. The first kappa shape index (κ1) is 15.0. The summed E-state index contributed by atoms with van der Waals surface area (Å²) in [4.78, 5) is 6.44. The molecule has 1 aliphatic heterocycles. The van der Waals surface area contributed by atoms with Crippen LogP contribution in [0.15, 0.2) is 42.9 Å². The molecule has 0 amide bonds. The normalized spacial score (nSPS) is 17.1. The number of fused-ring (bicyclic) bond motifs is 1. The van der Waals surface area contributed by atoms with E-state index >= 15 is 0 Å². The Kier molecular flexibility index (Phi) is 4.73. The largest absolute Gasteiger partial charge is 0.363 e. The Morgan fingerprint density at radius 3 is 2.91 bits per heavy atom. The molecule has 4 nitrogen and oxygen atoms in total. The summed E-state index contributed by atoms with van der Waals surface area (Å²) in [5.41, 5.74) is 2.52. The van der Waals surface area contributed by atoms with Crippen molar-refractivity contribution in [2.75, 3.05) is 13.1 Å². The highest BCUT2D eigenvalue weighted by molar-refractivity contribution is 7.80. The molecule has 0 unspecified atom stereocenters. The first-order valence-corrected chi connectivity index (χ1v) is 8.31. The molecule has 2 aromatic rings. The molecule has 3 rings (SSSR count). The van der Waals surface area contributed by atoms with Crippen LogP contribution in [-0.4, -0.2) is 32.7 Å². The summed E-state index contributed by atoms with van der Waals surface area (Å²) in [7, 11) is 0. The molecule has 0 saturated heterocycles. The molecule has 1 N–H and O–H groups in total. The van der Waals surface area contributed by atoms with E-state index in [1.54, 1.807) is 0 Å². The standard InChI is InChI=1S/C17H22N4S/c1-2-3-8-19-17(22)21-13-12-20-11-4-5-15(20)16(21)14-6-9-18-10-7-14/h4-7,9-11,16H,2-3,8,12-13H2,1H3,(H,19,22)/t16-/m1/s1. The fourth-order valence-corrected chi connectivity index (χ4v) is 3.27. The molecule has 5 heteroatoms. The van der Waals surface area contributed by atoms with E-state index in [0.29, 0.717) is 0 Å². The van der Waals surface area contributed by atoms with Gasteiger partial charge in [0.15, 0.2) is 5.11 Å². The molecule has 0 spiro atoms. The highest BCUT2D eigenvalue weighted by Gasteiger charge is 2.30. The van der Waals surface area contributed by atoms with Gasteiger partial charge in [-0.15, -0.1) is 0 Å². The molecule has 0 fully saturated rings. The number of aromatic nitrogens is 2. The van der Waals surface area contributed by atoms with Crippen LogP contribution in [0.3, 0.4) is 0 Å². The van der Waals surface area contributed by atoms with E-state index in [-0.39, 0.29) is 6.04 Å². The van der Waals surface area contributed by atoms with Crippen LogP contribution >= 0.6 is 12.2 Å². The first-order chi connectivity index (χ1) is 10.8. The van der Waals surface area contributed by atoms with Crippen molar-refractivity contribution in [1.29, 1.82) is 0 Å². The van der Waals surface area contributed by atoms with E-state index in [2.05, 4.69) is 57.2 Å². The molecule has 0 saturated carbocycles. The summed E-state index contributed by atoms with van der Waals surface area (Å²) < 4.78 is 2.32. The van der Waals surface area contributed by atoms with Gasteiger partial charge in [0.05, 0.1) is 6.04 Å². The first-order valence-electron chi connectivity index (χ1n) is 7.90. The molecule has 22 heavy (non-hydrogen) atoms. The Labute approximate surface area is 137 Å². The van der Waals surface area contributed by atoms with E-state index in [1.165, 1.54) is 17.7 Å². The lowest BCUT2D eigenvalue weighted by Crippen LogP contribution is -2.47. The molecule has 0 aliphatic carbocycles. The van der Waals surface area contributed by atoms with Crippen molar-refractivity contribution in [3.63, 3.8) is 0 Å². The lowest BCUT2D eigenvalue weighted by molar-refractivity contribution is 0.286. The van der Waals surface area contributed by atoms with Gasteiger partial charge in [0.25, 0.3) is 0 Å². The highest BCUT2D eigenvalue weighted by Crippen LogP contribution is 2.32. The average Bonchev–Trinajstić information content (AvgIpc) is 3.03. The summed E-state index contributed by atoms with van der Waals surface area (Å²) in [5, 5.41) is 4.26. The number of hydrogen-bond acceptors (Lipinski definition) is 2. The molecule has 0 radical (unpaired) electrons. The third-order valence-corrected chi connectivity index (χ3v) is 4.51. The molecule has 116 valence electrons. The van der Waals surface area contributed by atoms with Crippen molar-refractivity contribution in [3.05, 3.63) is 54.1 Å². The van der Waals surface area contributed by atoms with Crippen LogP contribution in [0.25, 0.3) is 0 Å². The summed E-state index contributed by atoms with van der Waals surface area (Å²) >= 11 is 5.66. The quantitative estimate of drug-likeness (QED) is 0.695. The van der Waals surface area contributed by atoms with Gasteiger partial charge in [0.1, 0.15) is 0 Å². The Morgan fingerprint density at radius 1 is 1.32 bits per heavy atom. The van der Waals surface area contributed by atoms with Crippen molar-refractivity contribution in [1.82, 2.24) is 19.8 Å². The zero-order valence-corrected chi connectivity index (χ0v) is 13.7. The molecule has 3 heterocycles. The summed E-state index contributed by atoms with van der Waals surface area (Å²) in [6.07, 6.45) is 8.16. The number of rotatable bonds is 4. The molecular formula is C17H22N4S. The monoisotopic (exact) mass is 314 g/mol. The van der Waals surface area contributed by atoms with Crippen LogP contribution in [0.4, 0.5) is 0 Å². The fourth-order valence-electron chi connectivity index (χ4n) is 2.97. The van der Waals surface area contributed by atoms with Gasteiger partial charge in [-0.05, 0) is 48.5 Å². The Bertz CT molecular complexity index is 623. The second-order valence-electron chi connectivity index (χ2n) is 5.59. The zero-order valence-electron chi connectivity index (χ0n) is 12.9. The number of hydrogen-bond donors (Lipinski definition) is 1. The van der Waals surface area contributed by atoms with E-state index in [4.69, 9.17) is 12.2 Å². The summed E-state index contributed by atoms with van der Waals surface area (Å²) in [6.45, 7) is 5.03. The molecular weight excluding hydrogens is 292 g/mol. The van der Waals surface area contributed by atoms with Gasteiger partial charge >= 0.3 is 0 Å². The second-order valence-corrected chi connectivity index (χ2v) is 5.98. The summed E-state index contributed by atoms with van der Waals surface area (Å²) in [5.74, 6) is 0. The minimum atomic E-state index is 0.161. The zero-order chi connectivity index (χ0) is 15.4. The van der Waals surface area contributed by atoms with E-state index in [1.807, 2.05) is 12.4 Å². The van der Waals surface area contributed by atoms with E-state index in [0.717, 1.165) is 31.2 Å². The van der Waals surface area contributed by atoms with Gasteiger partial charge in [-0.1, -0.05) is 13.3 Å². The van der Waals surface area contributed by atoms with E-state index < -0.39 is 0 Å². The van der Waals surface area contributed by atoms with Gasteiger partial charge in [-0.25, -0.2) is 0 Å². The van der Waals surface area contributed by atoms with Crippen LogP contribution in [0.2, 0.25) is 0 Å². The average molecular weight is 314 g/mol. The highest BCUT2D eigenvalue weighted by atomic mass is 32.1.